The topological polar surface area (TPSA) is 45.2 Å². The number of carbonyl (C=O) groups is 1. The number of hydrogen-bond donors (Lipinski definition) is 1. The van der Waals surface area contributed by atoms with Gasteiger partial charge in [-0.15, -0.1) is 11.3 Å². The Labute approximate surface area is 144 Å². The number of nitrogens with one attached hydrogen (secondary N) is 1. The molecule has 1 saturated heterocycles. The lowest BCUT2D eigenvalue weighted by molar-refractivity contribution is -0.117. The second-order valence-electron chi connectivity index (χ2n) is 6.56. The Balaban J connectivity index is 1.36. The van der Waals surface area contributed by atoms with Crippen LogP contribution in [0.2, 0.25) is 0 Å². The van der Waals surface area contributed by atoms with E-state index in [4.69, 9.17) is 0 Å². The van der Waals surface area contributed by atoms with Gasteiger partial charge in [0.15, 0.2) is 5.13 Å². The summed E-state index contributed by atoms with van der Waals surface area (Å²) in [6.07, 6.45) is 4.48. The zero-order chi connectivity index (χ0) is 16.5. The molecule has 2 heterocycles. The first-order valence-electron chi connectivity index (χ1n) is 8.47. The zero-order valence-corrected chi connectivity index (χ0v) is 14.2. The Morgan fingerprint density at radius 1 is 1.29 bits per heavy atom. The number of thiazole rings is 1. The fraction of sp³-hybridized carbons (Fsp3) is 0.444. The van der Waals surface area contributed by atoms with Crippen LogP contribution in [0.1, 0.15) is 37.2 Å². The number of nitrogens with zero attached hydrogens (tertiary/aromatic N) is 2. The Kier molecular flexibility index (Phi) is 4.22. The summed E-state index contributed by atoms with van der Waals surface area (Å²) in [7, 11) is 0. The normalized spacial score (nSPS) is 23.1. The summed E-state index contributed by atoms with van der Waals surface area (Å²) in [5, 5.41) is 5.81. The molecule has 1 saturated carbocycles. The van der Waals surface area contributed by atoms with Crippen molar-refractivity contribution >= 4 is 28.2 Å². The molecule has 1 aromatic heterocycles. The van der Waals surface area contributed by atoms with Crippen LogP contribution in [0.25, 0.3) is 0 Å². The maximum atomic E-state index is 13.3. The Hall–Kier alpha value is -1.95. The molecule has 2 atom stereocenters. The molecule has 1 N–H and O–H groups in total. The van der Waals surface area contributed by atoms with E-state index in [0.29, 0.717) is 5.82 Å². The van der Waals surface area contributed by atoms with E-state index in [0.717, 1.165) is 30.2 Å². The van der Waals surface area contributed by atoms with Crippen LogP contribution in [0.5, 0.6) is 0 Å². The molecule has 0 bridgehead atoms. The lowest BCUT2D eigenvalue weighted by Gasteiger charge is -2.25. The van der Waals surface area contributed by atoms with Crippen molar-refractivity contribution in [2.45, 2.75) is 31.6 Å². The average Bonchev–Trinajstić information content (AvgIpc) is 3.28. The van der Waals surface area contributed by atoms with Crippen molar-refractivity contribution < 1.29 is 9.18 Å². The van der Waals surface area contributed by atoms with E-state index >= 15 is 0 Å². The average molecular weight is 345 g/mol. The minimum Gasteiger partial charge on any atom is -0.348 e. The van der Waals surface area contributed by atoms with Gasteiger partial charge in [-0.2, -0.15) is 0 Å². The van der Waals surface area contributed by atoms with Crippen molar-refractivity contribution in [3.63, 3.8) is 0 Å². The highest BCUT2D eigenvalue weighted by Gasteiger charge is 2.44. The number of carbonyl (C=O) groups excluding carboxylic acids is 1. The first-order chi connectivity index (χ1) is 11.7. The Bertz CT molecular complexity index is 741. The van der Waals surface area contributed by atoms with Gasteiger partial charge in [0.25, 0.3) is 0 Å². The predicted octanol–water partition coefficient (Wildman–Crippen LogP) is 4.01. The van der Waals surface area contributed by atoms with E-state index in [-0.39, 0.29) is 23.6 Å². The Morgan fingerprint density at radius 3 is 2.92 bits per heavy atom. The molecule has 1 aromatic carbocycles. The maximum Gasteiger partial charge on any atom is 0.229 e. The van der Waals surface area contributed by atoms with Crippen molar-refractivity contribution in [3.8, 4) is 0 Å². The molecule has 4 nitrogen and oxygen atoms in total. The number of benzene rings is 1. The minimum absolute atomic E-state index is 0.0141. The molecule has 2 aromatic rings. The summed E-state index contributed by atoms with van der Waals surface area (Å²) in [5.74, 6) is 0.423. The Morgan fingerprint density at radius 2 is 2.12 bits per heavy atom. The van der Waals surface area contributed by atoms with Crippen molar-refractivity contribution in [2.24, 2.45) is 5.92 Å². The van der Waals surface area contributed by atoms with Gasteiger partial charge >= 0.3 is 0 Å². The van der Waals surface area contributed by atoms with Crippen LogP contribution < -0.4 is 10.2 Å². The van der Waals surface area contributed by atoms with E-state index in [9.17, 15) is 9.18 Å². The van der Waals surface area contributed by atoms with Crippen LogP contribution in [-0.2, 0) is 4.79 Å². The van der Waals surface area contributed by atoms with E-state index in [1.165, 1.54) is 31.4 Å². The molecule has 0 spiro atoms. The molecule has 24 heavy (non-hydrogen) atoms. The zero-order valence-electron chi connectivity index (χ0n) is 13.4. The third kappa shape index (κ3) is 3.29. The second kappa shape index (κ2) is 6.51. The van der Waals surface area contributed by atoms with Crippen LogP contribution in [0, 0.1) is 11.7 Å². The van der Waals surface area contributed by atoms with Gasteiger partial charge in [-0.05, 0) is 49.3 Å². The summed E-state index contributed by atoms with van der Waals surface area (Å²) in [4.78, 5) is 19.2. The molecular weight excluding hydrogens is 325 g/mol. The highest BCUT2D eigenvalue weighted by molar-refractivity contribution is 7.14. The molecule has 4 rings (SSSR count). The maximum absolute atomic E-state index is 13.3. The van der Waals surface area contributed by atoms with Gasteiger partial charge in [-0.1, -0.05) is 12.1 Å². The third-order valence-corrected chi connectivity index (χ3v) is 5.68. The van der Waals surface area contributed by atoms with Crippen molar-refractivity contribution in [1.82, 2.24) is 4.98 Å². The first-order valence-corrected chi connectivity index (χ1v) is 9.35. The van der Waals surface area contributed by atoms with Crippen LogP contribution in [0.3, 0.4) is 0 Å². The number of halogens is 1. The van der Waals surface area contributed by atoms with Crippen LogP contribution in [0.4, 0.5) is 15.3 Å². The monoisotopic (exact) mass is 345 g/mol. The molecule has 0 radical (unpaired) electrons. The number of rotatable bonds is 4. The number of hydrogen-bond acceptors (Lipinski definition) is 4. The molecular formula is C18H20FN3OS. The summed E-state index contributed by atoms with van der Waals surface area (Å²) >= 11 is 1.58. The van der Waals surface area contributed by atoms with Crippen LogP contribution >= 0.6 is 11.3 Å². The van der Waals surface area contributed by atoms with E-state index in [1.54, 1.807) is 17.4 Å². The highest BCUT2D eigenvalue weighted by Crippen LogP contribution is 2.48. The standard InChI is InChI=1S/C18H20FN3OS/c19-13-6-4-5-12(9-13)14-10-15(14)17(23)20-16-11-24-18(21-16)22-7-2-1-3-8-22/h4-6,9,11,14-15H,1-3,7-8,10H2,(H,20,23)/t14-,15+/m0/s1. The van der Waals surface area contributed by atoms with Gasteiger partial charge in [-0.25, -0.2) is 9.37 Å². The highest BCUT2D eigenvalue weighted by atomic mass is 32.1. The first kappa shape index (κ1) is 15.6. The fourth-order valence-electron chi connectivity index (χ4n) is 3.36. The SMILES string of the molecule is O=C(Nc1csc(N2CCCCC2)n1)[C@@H]1C[C@H]1c1cccc(F)c1. The summed E-state index contributed by atoms with van der Waals surface area (Å²) < 4.78 is 13.3. The van der Waals surface area contributed by atoms with Gasteiger partial charge in [0.1, 0.15) is 11.6 Å². The van der Waals surface area contributed by atoms with E-state index in [1.807, 2.05) is 11.4 Å². The molecule has 126 valence electrons. The lowest BCUT2D eigenvalue weighted by atomic mass is 10.1. The molecule has 1 aliphatic carbocycles. The molecule has 0 unspecified atom stereocenters. The molecule has 2 aliphatic rings. The van der Waals surface area contributed by atoms with Crippen LogP contribution in [-0.4, -0.2) is 24.0 Å². The molecule has 2 fully saturated rings. The number of aromatic nitrogens is 1. The van der Waals surface area contributed by atoms with Crippen molar-refractivity contribution in [1.29, 1.82) is 0 Å². The van der Waals surface area contributed by atoms with E-state index < -0.39 is 0 Å². The van der Waals surface area contributed by atoms with Gasteiger partial charge in [0.05, 0.1) is 0 Å². The fourth-order valence-corrected chi connectivity index (χ4v) is 4.17. The summed E-state index contributed by atoms with van der Waals surface area (Å²) in [6.45, 7) is 2.09. The van der Waals surface area contributed by atoms with Gasteiger partial charge in [0, 0.05) is 24.4 Å². The van der Waals surface area contributed by atoms with Crippen molar-refractivity contribution in [2.75, 3.05) is 23.3 Å². The number of piperidine rings is 1. The van der Waals surface area contributed by atoms with Gasteiger partial charge in [0.2, 0.25) is 5.91 Å². The molecule has 1 amide bonds. The summed E-state index contributed by atoms with van der Waals surface area (Å²) in [5.41, 5.74) is 0.905. The summed E-state index contributed by atoms with van der Waals surface area (Å²) in [6, 6.07) is 6.54. The quantitative estimate of drug-likeness (QED) is 0.910. The predicted molar refractivity (Wildman–Crippen MR) is 94.1 cm³/mol. The number of amides is 1. The lowest BCUT2D eigenvalue weighted by Crippen LogP contribution is -2.29. The molecule has 6 heteroatoms. The molecule has 1 aliphatic heterocycles. The second-order valence-corrected chi connectivity index (χ2v) is 7.39. The minimum atomic E-state index is -0.246. The largest absolute Gasteiger partial charge is 0.348 e. The smallest absolute Gasteiger partial charge is 0.229 e. The number of anilines is 2. The van der Waals surface area contributed by atoms with Gasteiger partial charge in [-0.3, -0.25) is 4.79 Å². The van der Waals surface area contributed by atoms with E-state index in [2.05, 4.69) is 15.2 Å². The third-order valence-electron chi connectivity index (χ3n) is 4.77. The van der Waals surface area contributed by atoms with Crippen LogP contribution in [0.15, 0.2) is 29.6 Å². The van der Waals surface area contributed by atoms with Gasteiger partial charge < -0.3 is 10.2 Å². The van der Waals surface area contributed by atoms with Crippen molar-refractivity contribution in [3.05, 3.63) is 41.0 Å².